The highest BCUT2D eigenvalue weighted by Gasteiger charge is 2.12. The van der Waals surface area contributed by atoms with Gasteiger partial charge in [-0.2, -0.15) is 4.99 Å². The van der Waals surface area contributed by atoms with Gasteiger partial charge in [-0.1, -0.05) is 29.5 Å². The minimum absolute atomic E-state index is 0.0852. The van der Waals surface area contributed by atoms with Crippen LogP contribution < -0.4 is 4.80 Å². The summed E-state index contributed by atoms with van der Waals surface area (Å²) in [5.41, 5.74) is 0.642. The predicted molar refractivity (Wildman–Crippen MR) is 109 cm³/mol. The van der Waals surface area contributed by atoms with E-state index < -0.39 is 5.97 Å². The molecule has 0 saturated carbocycles. The first-order valence-electron chi connectivity index (χ1n) is 8.68. The molecule has 8 heteroatoms. The van der Waals surface area contributed by atoms with Crippen LogP contribution in [0, 0.1) is 5.82 Å². The number of halogens is 1. The van der Waals surface area contributed by atoms with Crippen LogP contribution in [0.15, 0.2) is 58.4 Å². The van der Waals surface area contributed by atoms with E-state index in [1.807, 2.05) is 30.3 Å². The first kappa shape index (κ1) is 20.3. The molecule has 28 heavy (non-hydrogen) atoms. The van der Waals surface area contributed by atoms with E-state index in [9.17, 15) is 14.0 Å². The topological polar surface area (TPSA) is 60.7 Å². The third-order valence-electron chi connectivity index (χ3n) is 3.93. The molecule has 0 saturated heterocycles. The van der Waals surface area contributed by atoms with E-state index in [0.717, 1.165) is 10.6 Å². The molecule has 1 heterocycles. The number of ether oxygens (including phenoxy) is 1. The molecule has 2 aromatic carbocycles. The van der Waals surface area contributed by atoms with Crippen molar-refractivity contribution in [3.05, 3.63) is 59.1 Å². The Bertz CT molecular complexity index is 1040. The molecule has 1 aromatic heterocycles. The lowest BCUT2D eigenvalue weighted by molar-refractivity contribution is -0.141. The van der Waals surface area contributed by atoms with Gasteiger partial charge in [0.2, 0.25) is 5.91 Å². The van der Waals surface area contributed by atoms with Crippen molar-refractivity contribution in [2.24, 2.45) is 4.99 Å². The monoisotopic (exact) mass is 418 g/mol. The molecule has 146 valence electrons. The molecule has 0 unspecified atom stereocenters. The van der Waals surface area contributed by atoms with E-state index in [1.165, 1.54) is 30.6 Å². The normalized spacial score (nSPS) is 11.7. The van der Waals surface area contributed by atoms with Crippen molar-refractivity contribution >= 4 is 45.2 Å². The summed E-state index contributed by atoms with van der Waals surface area (Å²) in [6, 6.07) is 14.2. The largest absolute Gasteiger partial charge is 0.468 e. The fourth-order valence-corrected chi connectivity index (χ4v) is 4.52. The average molecular weight is 419 g/mol. The highest BCUT2D eigenvalue weighted by molar-refractivity contribution is 7.99. The molecular formula is C20H19FN2O3S2. The SMILES string of the molecule is COC(=O)Cn1c(=NC(=O)CCCSc2ccccc2)sc2cc(F)ccc21. The summed E-state index contributed by atoms with van der Waals surface area (Å²) in [5, 5.41) is 0. The lowest BCUT2D eigenvalue weighted by Crippen LogP contribution is -2.22. The van der Waals surface area contributed by atoms with Crippen molar-refractivity contribution in [2.45, 2.75) is 24.3 Å². The van der Waals surface area contributed by atoms with Gasteiger partial charge in [0.05, 0.1) is 17.3 Å². The third kappa shape index (κ3) is 5.30. The van der Waals surface area contributed by atoms with Crippen LogP contribution in [0.2, 0.25) is 0 Å². The minimum atomic E-state index is -0.461. The fraction of sp³-hybridized carbons (Fsp3) is 0.250. The van der Waals surface area contributed by atoms with Crippen LogP contribution in [-0.2, 0) is 20.9 Å². The molecule has 0 aliphatic heterocycles. The summed E-state index contributed by atoms with van der Waals surface area (Å²) in [4.78, 5) is 29.7. The standard InChI is InChI=1S/C20H19FN2O3S2/c1-26-19(25)13-23-16-10-9-14(21)12-17(16)28-20(23)22-18(24)8-5-11-27-15-6-3-2-4-7-15/h2-4,6-7,9-10,12H,5,8,11,13H2,1H3. The van der Waals surface area contributed by atoms with Gasteiger partial charge in [0, 0.05) is 11.3 Å². The zero-order valence-electron chi connectivity index (χ0n) is 15.3. The Hall–Kier alpha value is -2.45. The highest BCUT2D eigenvalue weighted by atomic mass is 32.2. The Balaban J connectivity index is 1.73. The Morgan fingerprint density at radius 1 is 1.21 bits per heavy atom. The molecule has 0 spiro atoms. The summed E-state index contributed by atoms with van der Waals surface area (Å²) in [6.45, 7) is -0.0852. The molecule has 1 amide bonds. The van der Waals surface area contributed by atoms with E-state index in [2.05, 4.69) is 4.99 Å². The first-order chi connectivity index (χ1) is 13.6. The Kier molecular flexibility index (Phi) is 7.00. The number of carbonyl (C=O) groups is 2. The molecule has 0 N–H and O–H groups in total. The number of aromatic nitrogens is 1. The number of benzene rings is 2. The number of thiazole rings is 1. The maximum atomic E-state index is 13.5. The molecule has 0 aliphatic carbocycles. The average Bonchev–Trinajstić information content (AvgIpc) is 3.01. The smallest absolute Gasteiger partial charge is 0.325 e. The van der Waals surface area contributed by atoms with E-state index in [-0.39, 0.29) is 18.3 Å². The number of hydrogen-bond donors (Lipinski definition) is 0. The van der Waals surface area contributed by atoms with E-state index in [4.69, 9.17) is 4.74 Å². The van der Waals surface area contributed by atoms with Gasteiger partial charge in [0.15, 0.2) is 4.80 Å². The van der Waals surface area contributed by atoms with Crippen molar-refractivity contribution in [2.75, 3.05) is 12.9 Å². The Labute approximate surface area is 169 Å². The number of nitrogens with zero attached hydrogens (tertiary/aromatic N) is 2. The molecule has 0 radical (unpaired) electrons. The second kappa shape index (κ2) is 9.66. The van der Waals surface area contributed by atoms with Gasteiger partial charge < -0.3 is 9.30 Å². The minimum Gasteiger partial charge on any atom is -0.468 e. The third-order valence-corrected chi connectivity index (χ3v) is 6.07. The van der Waals surface area contributed by atoms with Gasteiger partial charge in [0.1, 0.15) is 12.4 Å². The lowest BCUT2D eigenvalue weighted by Gasteiger charge is -2.03. The van der Waals surface area contributed by atoms with Crippen LogP contribution in [0.4, 0.5) is 4.39 Å². The zero-order valence-corrected chi connectivity index (χ0v) is 16.9. The summed E-state index contributed by atoms with van der Waals surface area (Å²) in [6.07, 6.45) is 0.999. The summed E-state index contributed by atoms with van der Waals surface area (Å²) < 4.78 is 20.4. The number of hydrogen-bond acceptors (Lipinski definition) is 5. The van der Waals surface area contributed by atoms with Crippen LogP contribution in [-0.4, -0.2) is 29.3 Å². The molecule has 5 nitrogen and oxygen atoms in total. The quantitative estimate of drug-likeness (QED) is 0.330. The van der Waals surface area contributed by atoms with Crippen LogP contribution in [0.25, 0.3) is 10.2 Å². The molecule has 0 bridgehead atoms. The number of thioether (sulfide) groups is 1. The summed E-state index contributed by atoms with van der Waals surface area (Å²) in [7, 11) is 1.30. The second-order valence-electron chi connectivity index (χ2n) is 5.93. The predicted octanol–water partition coefficient (Wildman–Crippen LogP) is 4.01. The number of carbonyl (C=O) groups excluding carboxylic acids is 2. The van der Waals surface area contributed by atoms with Gasteiger partial charge in [-0.15, -0.1) is 11.8 Å². The van der Waals surface area contributed by atoms with Crippen LogP contribution in [0.5, 0.6) is 0 Å². The molecule has 0 aliphatic rings. The van der Waals surface area contributed by atoms with Crippen molar-refractivity contribution in [3.63, 3.8) is 0 Å². The second-order valence-corrected chi connectivity index (χ2v) is 8.11. The van der Waals surface area contributed by atoms with Gasteiger partial charge in [-0.05, 0) is 42.5 Å². The van der Waals surface area contributed by atoms with Gasteiger partial charge in [-0.3, -0.25) is 9.59 Å². The summed E-state index contributed by atoms with van der Waals surface area (Å²) in [5.74, 6) is -0.295. The van der Waals surface area contributed by atoms with Gasteiger partial charge >= 0.3 is 5.97 Å². The van der Waals surface area contributed by atoms with E-state index >= 15 is 0 Å². The number of esters is 1. The highest BCUT2D eigenvalue weighted by Crippen LogP contribution is 2.20. The summed E-state index contributed by atoms with van der Waals surface area (Å²) >= 11 is 2.87. The maximum Gasteiger partial charge on any atom is 0.325 e. The van der Waals surface area contributed by atoms with Gasteiger partial charge in [-0.25, -0.2) is 4.39 Å². The number of fused-ring (bicyclic) bond motifs is 1. The zero-order chi connectivity index (χ0) is 19.9. The maximum absolute atomic E-state index is 13.5. The van der Waals surface area contributed by atoms with E-state index in [1.54, 1.807) is 22.4 Å². The van der Waals surface area contributed by atoms with Crippen molar-refractivity contribution in [3.8, 4) is 0 Å². The Morgan fingerprint density at radius 2 is 2.00 bits per heavy atom. The van der Waals surface area contributed by atoms with Crippen molar-refractivity contribution in [1.82, 2.24) is 4.57 Å². The molecule has 3 aromatic rings. The molecule has 3 rings (SSSR count). The first-order valence-corrected chi connectivity index (χ1v) is 10.5. The molecule has 0 fully saturated rings. The van der Waals surface area contributed by atoms with Crippen LogP contribution in [0.3, 0.4) is 0 Å². The number of methoxy groups -OCH3 is 1. The Morgan fingerprint density at radius 3 is 2.75 bits per heavy atom. The van der Waals surface area contributed by atoms with E-state index in [0.29, 0.717) is 27.9 Å². The lowest BCUT2D eigenvalue weighted by atomic mass is 10.3. The van der Waals surface area contributed by atoms with Crippen LogP contribution in [0.1, 0.15) is 12.8 Å². The van der Waals surface area contributed by atoms with Crippen LogP contribution >= 0.6 is 23.1 Å². The number of amides is 1. The van der Waals surface area contributed by atoms with Gasteiger partial charge in [0.25, 0.3) is 0 Å². The molecule has 0 atom stereocenters. The van der Waals surface area contributed by atoms with Crippen molar-refractivity contribution < 1.29 is 18.7 Å². The van der Waals surface area contributed by atoms with Crippen molar-refractivity contribution in [1.29, 1.82) is 0 Å². The fourth-order valence-electron chi connectivity index (χ4n) is 2.57. The number of rotatable bonds is 7. The molecular weight excluding hydrogens is 399 g/mol.